The zero-order chi connectivity index (χ0) is 28.6. The van der Waals surface area contributed by atoms with Gasteiger partial charge in [0, 0.05) is 31.5 Å². The first kappa shape index (κ1) is 31.2. The minimum atomic E-state index is -0.789. The molecule has 2 aliphatic heterocycles. The average Bonchev–Trinajstić information content (AvgIpc) is 3.18. The van der Waals surface area contributed by atoms with Gasteiger partial charge in [0.15, 0.2) is 0 Å². The third kappa shape index (κ3) is 9.08. The van der Waals surface area contributed by atoms with Crippen LogP contribution in [0, 0.1) is 17.8 Å². The number of alkyl carbamates (subject to hydrolysis) is 1. The topological polar surface area (TPSA) is 137 Å². The number of nitrogens with zero attached hydrogens (tertiary/aromatic N) is 1. The lowest BCUT2D eigenvalue weighted by Crippen LogP contribution is -2.52. The third-order valence-corrected chi connectivity index (χ3v) is 8.78. The summed E-state index contributed by atoms with van der Waals surface area (Å²) in [7, 11) is 0. The summed E-state index contributed by atoms with van der Waals surface area (Å²) in [6, 6.07) is -1.40. The van der Waals surface area contributed by atoms with E-state index in [1.54, 1.807) is 11.8 Å². The highest BCUT2D eigenvalue weighted by molar-refractivity contribution is 5.86. The van der Waals surface area contributed by atoms with Crippen molar-refractivity contribution in [2.75, 3.05) is 19.7 Å². The van der Waals surface area contributed by atoms with E-state index >= 15 is 0 Å². The fraction of sp³-hybridized carbons (Fsp3) is 0.862. The summed E-state index contributed by atoms with van der Waals surface area (Å²) in [5, 5.41) is 18.8. The van der Waals surface area contributed by atoms with Crippen LogP contribution in [0.15, 0.2) is 0 Å². The van der Waals surface area contributed by atoms with Crippen LogP contribution in [0.25, 0.3) is 0 Å². The molecule has 2 heterocycles. The Hall–Kier alpha value is -2.36. The summed E-state index contributed by atoms with van der Waals surface area (Å²) < 4.78 is 5.66. The summed E-state index contributed by atoms with van der Waals surface area (Å²) in [5.41, 5.74) is -0.334. The van der Waals surface area contributed by atoms with Gasteiger partial charge in [-0.3, -0.25) is 14.4 Å². The number of ether oxygens (including phenoxy) is 1. The molecule has 0 radical (unpaired) electrons. The van der Waals surface area contributed by atoms with Crippen molar-refractivity contribution in [1.29, 1.82) is 0 Å². The highest BCUT2D eigenvalue weighted by Gasteiger charge is 2.46. The minimum absolute atomic E-state index is 0.0431. The van der Waals surface area contributed by atoms with Crippen LogP contribution in [0.4, 0.5) is 4.79 Å². The molecule has 39 heavy (non-hydrogen) atoms. The van der Waals surface area contributed by atoms with Crippen molar-refractivity contribution >= 4 is 23.8 Å². The largest absolute Gasteiger partial charge is 0.446 e. The first-order valence-electron chi connectivity index (χ1n) is 15.0. The van der Waals surface area contributed by atoms with E-state index in [9.17, 15) is 24.3 Å². The Labute approximate surface area is 233 Å². The van der Waals surface area contributed by atoms with E-state index in [0.29, 0.717) is 51.1 Å². The summed E-state index contributed by atoms with van der Waals surface area (Å²) >= 11 is 0. The number of nitrogens with one attached hydrogen (secondary N) is 3. The van der Waals surface area contributed by atoms with Crippen molar-refractivity contribution in [3.63, 3.8) is 0 Å². The molecular weight excluding hydrogens is 500 g/mol. The van der Waals surface area contributed by atoms with E-state index < -0.39 is 18.2 Å². The molecule has 0 aromatic heterocycles. The average molecular weight is 551 g/mol. The monoisotopic (exact) mass is 550 g/mol. The number of rotatable bonds is 11. The Morgan fingerprint density at radius 1 is 1.13 bits per heavy atom. The van der Waals surface area contributed by atoms with Gasteiger partial charge in [0.1, 0.15) is 12.1 Å². The molecule has 0 aromatic rings. The van der Waals surface area contributed by atoms with Crippen molar-refractivity contribution in [2.45, 2.75) is 122 Å². The standard InChI is InChI=1S/C29H50N4O6/c1-5-6-21-7-9-24(10-8-21)39-28(38)31-25(15-19(2)3)27(37)30-23(18-34)16-22-17-29(32-26(22)36)11-13-33(14-12-29)20(4)35/h19,21-25,34H,5-18H2,1-4H3,(H,30,37)(H,31,38)(H,32,36)/t21?,22?,23?,24?,25-/m0/s1. The molecule has 4 N–H and O–H groups in total. The molecule has 3 aliphatic rings. The summed E-state index contributed by atoms with van der Waals surface area (Å²) in [5.74, 6) is 0.108. The quantitative estimate of drug-likeness (QED) is 0.312. The maximum Gasteiger partial charge on any atom is 0.408 e. The van der Waals surface area contributed by atoms with Gasteiger partial charge in [-0.15, -0.1) is 0 Å². The number of carbonyl (C=O) groups excluding carboxylic acids is 4. The second-order valence-electron chi connectivity index (χ2n) is 12.5. The molecule has 2 unspecified atom stereocenters. The molecule has 3 rings (SSSR count). The van der Waals surface area contributed by atoms with Gasteiger partial charge in [0.2, 0.25) is 17.7 Å². The fourth-order valence-electron chi connectivity index (χ4n) is 6.55. The third-order valence-electron chi connectivity index (χ3n) is 8.78. The maximum absolute atomic E-state index is 13.2. The molecule has 1 spiro atoms. The predicted octanol–water partition coefficient (Wildman–Crippen LogP) is 2.87. The van der Waals surface area contributed by atoms with Crippen LogP contribution in [0.2, 0.25) is 0 Å². The van der Waals surface area contributed by atoms with Gasteiger partial charge < -0.3 is 30.7 Å². The Morgan fingerprint density at radius 2 is 1.79 bits per heavy atom. The van der Waals surface area contributed by atoms with Crippen molar-refractivity contribution in [2.24, 2.45) is 17.8 Å². The normalized spacial score (nSPS) is 26.2. The molecule has 10 nitrogen and oxygen atoms in total. The first-order chi connectivity index (χ1) is 18.5. The van der Waals surface area contributed by atoms with Gasteiger partial charge in [-0.2, -0.15) is 0 Å². The van der Waals surface area contributed by atoms with Gasteiger partial charge in [-0.1, -0.05) is 33.6 Å². The Morgan fingerprint density at radius 3 is 2.36 bits per heavy atom. The number of likely N-dealkylation sites (tertiary alicyclic amines) is 1. The number of piperidine rings is 1. The van der Waals surface area contributed by atoms with Crippen molar-refractivity contribution in [1.82, 2.24) is 20.9 Å². The Balaban J connectivity index is 1.51. The molecule has 4 amide bonds. The van der Waals surface area contributed by atoms with E-state index in [1.165, 1.54) is 12.8 Å². The van der Waals surface area contributed by atoms with Gasteiger partial charge >= 0.3 is 6.09 Å². The van der Waals surface area contributed by atoms with Crippen LogP contribution >= 0.6 is 0 Å². The molecule has 0 bridgehead atoms. The second-order valence-corrected chi connectivity index (χ2v) is 12.5. The minimum Gasteiger partial charge on any atom is -0.446 e. The summed E-state index contributed by atoms with van der Waals surface area (Å²) in [6.45, 7) is 8.62. The highest BCUT2D eigenvalue weighted by atomic mass is 16.6. The van der Waals surface area contributed by atoms with Gasteiger partial charge in [-0.25, -0.2) is 4.79 Å². The predicted molar refractivity (Wildman–Crippen MR) is 148 cm³/mol. The number of hydrogen-bond donors (Lipinski definition) is 4. The molecule has 0 aromatic carbocycles. The van der Waals surface area contributed by atoms with Gasteiger partial charge in [0.05, 0.1) is 12.6 Å². The van der Waals surface area contributed by atoms with Crippen LogP contribution in [0.1, 0.15) is 98.3 Å². The van der Waals surface area contributed by atoms with E-state index in [4.69, 9.17) is 4.74 Å². The molecule has 1 aliphatic carbocycles. The zero-order valence-corrected chi connectivity index (χ0v) is 24.3. The molecule has 222 valence electrons. The van der Waals surface area contributed by atoms with E-state index in [1.807, 2.05) is 13.8 Å². The second kappa shape index (κ2) is 14.3. The van der Waals surface area contributed by atoms with Gasteiger partial charge in [0.25, 0.3) is 0 Å². The zero-order valence-electron chi connectivity index (χ0n) is 24.3. The first-order valence-corrected chi connectivity index (χ1v) is 15.0. The number of amides is 4. The SMILES string of the molecule is CCCC1CCC(OC(=O)N[C@@H](CC(C)C)C(=O)NC(CO)CC2CC3(CCN(C(C)=O)CC3)NC2=O)CC1. The van der Waals surface area contributed by atoms with Crippen LogP contribution in [-0.2, 0) is 19.1 Å². The Kier molecular flexibility index (Phi) is 11.4. The summed E-state index contributed by atoms with van der Waals surface area (Å²) in [6.07, 6.45) is 8.27. The lowest BCUT2D eigenvalue weighted by Gasteiger charge is -2.39. The van der Waals surface area contributed by atoms with Crippen molar-refractivity contribution in [3.05, 3.63) is 0 Å². The number of aliphatic hydroxyl groups is 1. The lowest BCUT2D eigenvalue weighted by atomic mass is 9.82. The fourth-order valence-corrected chi connectivity index (χ4v) is 6.55. The molecule has 1 saturated carbocycles. The molecule has 2 saturated heterocycles. The lowest BCUT2D eigenvalue weighted by molar-refractivity contribution is -0.130. The Bertz CT molecular complexity index is 849. The molecule has 3 fully saturated rings. The smallest absolute Gasteiger partial charge is 0.408 e. The number of hydrogen-bond acceptors (Lipinski definition) is 6. The molecule has 3 atom stereocenters. The van der Waals surface area contributed by atoms with E-state index in [2.05, 4.69) is 22.9 Å². The van der Waals surface area contributed by atoms with Crippen molar-refractivity contribution in [3.8, 4) is 0 Å². The highest BCUT2D eigenvalue weighted by Crippen LogP contribution is 2.36. The van der Waals surface area contributed by atoms with E-state index in [0.717, 1.165) is 25.7 Å². The molecule has 10 heteroatoms. The van der Waals surface area contributed by atoms with Crippen molar-refractivity contribution < 1.29 is 29.0 Å². The van der Waals surface area contributed by atoms with Crippen LogP contribution in [0.5, 0.6) is 0 Å². The number of aliphatic hydroxyl groups excluding tert-OH is 1. The maximum atomic E-state index is 13.2. The van der Waals surface area contributed by atoms with E-state index in [-0.39, 0.29) is 47.8 Å². The van der Waals surface area contributed by atoms with Gasteiger partial charge in [-0.05, 0) is 69.6 Å². The molecular formula is C29H50N4O6. The number of carbonyl (C=O) groups is 4. The van der Waals surface area contributed by atoms with Crippen LogP contribution in [0.3, 0.4) is 0 Å². The van der Waals surface area contributed by atoms with Crippen LogP contribution < -0.4 is 16.0 Å². The van der Waals surface area contributed by atoms with Crippen LogP contribution in [-0.4, -0.2) is 77.2 Å². The summed E-state index contributed by atoms with van der Waals surface area (Å²) in [4.78, 5) is 52.2.